The van der Waals surface area contributed by atoms with Crippen LogP contribution in [0.1, 0.15) is 31.7 Å². The van der Waals surface area contributed by atoms with Crippen molar-refractivity contribution in [1.82, 2.24) is 16.0 Å². The molecule has 0 aromatic heterocycles. The number of nitrogens with two attached hydrogens (primary N) is 1. The van der Waals surface area contributed by atoms with Gasteiger partial charge in [-0.3, -0.25) is 14.4 Å². The van der Waals surface area contributed by atoms with E-state index in [2.05, 4.69) is 16.0 Å². The molecule has 0 bridgehead atoms. The molecule has 8 heteroatoms. The molecule has 0 unspecified atom stereocenters. The minimum Gasteiger partial charge on any atom is -0.508 e. The second-order valence-electron chi connectivity index (χ2n) is 7.03. The van der Waals surface area contributed by atoms with E-state index in [0.29, 0.717) is 12.5 Å². The minimum atomic E-state index is -0.824. The molecule has 1 saturated carbocycles. The molecule has 1 aromatic rings. The number of hydrogen-bond donors (Lipinski definition) is 5. The first-order valence-electron chi connectivity index (χ1n) is 9.23. The molecule has 6 N–H and O–H groups in total. The van der Waals surface area contributed by atoms with Crippen LogP contribution in [-0.2, 0) is 20.8 Å². The average molecular weight is 376 g/mol. The van der Waals surface area contributed by atoms with Crippen LogP contribution < -0.4 is 21.7 Å². The van der Waals surface area contributed by atoms with Gasteiger partial charge in [-0.15, -0.1) is 0 Å². The number of benzene rings is 1. The van der Waals surface area contributed by atoms with Crippen LogP contribution in [0.3, 0.4) is 0 Å². The highest BCUT2D eigenvalue weighted by Crippen LogP contribution is 2.24. The summed E-state index contributed by atoms with van der Waals surface area (Å²) in [6.45, 7) is 2.06. The van der Waals surface area contributed by atoms with Crippen LogP contribution in [0.15, 0.2) is 24.3 Å². The van der Waals surface area contributed by atoms with Crippen molar-refractivity contribution in [2.45, 2.75) is 44.7 Å². The van der Waals surface area contributed by atoms with Crippen LogP contribution in [0.2, 0.25) is 0 Å². The molecule has 27 heavy (non-hydrogen) atoms. The molecule has 0 heterocycles. The van der Waals surface area contributed by atoms with Crippen molar-refractivity contribution >= 4 is 17.7 Å². The summed E-state index contributed by atoms with van der Waals surface area (Å²) in [6, 6.07) is 4.78. The molecule has 0 aliphatic heterocycles. The second-order valence-corrected chi connectivity index (χ2v) is 7.03. The van der Waals surface area contributed by atoms with E-state index in [1.165, 1.54) is 25.5 Å². The number of phenols is 1. The topological polar surface area (TPSA) is 134 Å². The summed E-state index contributed by atoms with van der Waals surface area (Å²) in [7, 11) is 0. The maximum Gasteiger partial charge on any atom is 0.242 e. The van der Waals surface area contributed by atoms with Gasteiger partial charge in [0.25, 0.3) is 0 Å². The zero-order chi connectivity index (χ0) is 19.8. The molecule has 2 rings (SSSR count). The van der Waals surface area contributed by atoms with E-state index in [1.54, 1.807) is 12.1 Å². The summed E-state index contributed by atoms with van der Waals surface area (Å²) in [5.74, 6) is -0.450. The molecule has 1 aliphatic rings. The number of phenolic OH excluding ortho intramolecular Hbond substituents is 1. The molecule has 8 nitrogen and oxygen atoms in total. The number of nitrogens with one attached hydrogen (secondary N) is 3. The zero-order valence-electron chi connectivity index (χ0n) is 15.5. The van der Waals surface area contributed by atoms with Gasteiger partial charge in [-0.25, -0.2) is 0 Å². The van der Waals surface area contributed by atoms with Crippen molar-refractivity contribution in [3.05, 3.63) is 29.8 Å². The predicted octanol–water partition coefficient (Wildman–Crippen LogP) is -0.201. The average Bonchev–Trinajstić information content (AvgIpc) is 2.60. The highest BCUT2D eigenvalue weighted by atomic mass is 16.3. The van der Waals surface area contributed by atoms with Crippen molar-refractivity contribution in [2.24, 2.45) is 11.7 Å². The van der Waals surface area contributed by atoms with Crippen LogP contribution >= 0.6 is 0 Å². The van der Waals surface area contributed by atoms with Gasteiger partial charge in [0.05, 0.1) is 12.6 Å². The number of amides is 3. The van der Waals surface area contributed by atoms with Gasteiger partial charge in [0.15, 0.2) is 0 Å². The summed E-state index contributed by atoms with van der Waals surface area (Å²) in [5, 5.41) is 17.1. The fourth-order valence-corrected chi connectivity index (χ4v) is 2.70. The molecule has 1 aliphatic carbocycles. The lowest BCUT2D eigenvalue weighted by Crippen LogP contribution is -2.52. The third kappa shape index (κ3) is 6.90. The van der Waals surface area contributed by atoms with Gasteiger partial charge < -0.3 is 26.8 Å². The smallest absolute Gasteiger partial charge is 0.242 e. The molecule has 0 saturated heterocycles. The van der Waals surface area contributed by atoms with E-state index in [0.717, 1.165) is 18.4 Å². The van der Waals surface area contributed by atoms with Gasteiger partial charge in [0.1, 0.15) is 11.8 Å². The number of rotatable bonds is 9. The van der Waals surface area contributed by atoms with Gasteiger partial charge in [0.2, 0.25) is 17.7 Å². The van der Waals surface area contributed by atoms with Crippen molar-refractivity contribution in [3.8, 4) is 5.75 Å². The Morgan fingerprint density at radius 1 is 1.15 bits per heavy atom. The van der Waals surface area contributed by atoms with Crippen molar-refractivity contribution < 1.29 is 19.5 Å². The number of hydrogen-bond acceptors (Lipinski definition) is 5. The first-order valence-corrected chi connectivity index (χ1v) is 9.23. The highest BCUT2D eigenvalue weighted by molar-refractivity contribution is 5.91. The van der Waals surface area contributed by atoms with E-state index < -0.39 is 23.9 Å². The monoisotopic (exact) mass is 376 g/mol. The SMILES string of the molecule is C[C@H](NC(=O)[C@@H](N)Cc1ccc(O)cc1)C(=O)NCC(=O)NCC1CCC1. The molecule has 148 valence electrons. The highest BCUT2D eigenvalue weighted by Gasteiger charge is 2.21. The van der Waals surface area contributed by atoms with Crippen LogP contribution in [0.4, 0.5) is 0 Å². The maximum atomic E-state index is 12.1. The first-order chi connectivity index (χ1) is 12.8. The van der Waals surface area contributed by atoms with E-state index in [-0.39, 0.29) is 24.6 Å². The summed E-state index contributed by atoms with van der Waals surface area (Å²) >= 11 is 0. The lowest BCUT2D eigenvalue weighted by Gasteiger charge is -2.25. The molecule has 1 fully saturated rings. The van der Waals surface area contributed by atoms with Gasteiger partial charge in [-0.05, 0) is 49.8 Å². The Labute approximate surface area is 158 Å². The molecular weight excluding hydrogens is 348 g/mol. The van der Waals surface area contributed by atoms with Gasteiger partial charge in [0, 0.05) is 6.54 Å². The summed E-state index contributed by atoms with van der Waals surface area (Å²) in [4.78, 5) is 35.9. The Morgan fingerprint density at radius 2 is 1.81 bits per heavy atom. The lowest BCUT2D eigenvalue weighted by molar-refractivity contribution is -0.130. The third-order valence-corrected chi connectivity index (χ3v) is 4.72. The molecule has 0 spiro atoms. The Balaban J connectivity index is 1.68. The van der Waals surface area contributed by atoms with Crippen LogP contribution in [0, 0.1) is 5.92 Å². The Kier molecular flexibility index (Phi) is 7.60. The fourth-order valence-electron chi connectivity index (χ4n) is 2.70. The Morgan fingerprint density at radius 3 is 2.41 bits per heavy atom. The summed E-state index contributed by atoms with van der Waals surface area (Å²) < 4.78 is 0. The number of carbonyl (C=O) groups excluding carboxylic acids is 3. The first kappa shape index (κ1) is 20.7. The predicted molar refractivity (Wildman–Crippen MR) is 101 cm³/mol. The summed E-state index contributed by atoms with van der Waals surface area (Å²) in [5.41, 5.74) is 6.68. The Bertz CT molecular complexity index is 658. The fraction of sp³-hybridized carbons (Fsp3) is 0.526. The number of carbonyl (C=O) groups is 3. The molecule has 1 aromatic carbocycles. The van der Waals surface area contributed by atoms with Crippen LogP contribution in [-0.4, -0.2) is 48.0 Å². The van der Waals surface area contributed by atoms with Crippen molar-refractivity contribution in [1.29, 1.82) is 0 Å². The normalized spacial score (nSPS) is 15.9. The molecule has 2 atom stereocenters. The van der Waals surface area contributed by atoms with Gasteiger partial charge >= 0.3 is 0 Å². The van der Waals surface area contributed by atoms with Gasteiger partial charge in [-0.2, -0.15) is 0 Å². The van der Waals surface area contributed by atoms with E-state index in [4.69, 9.17) is 5.73 Å². The molecular formula is C19H28N4O4. The number of aromatic hydroxyl groups is 1. The third-order valence-electron chi connectivity index (χ3n) is 4.72. The minimum absolute atomic E-state index is 0.120. The van der Waals surface area contributed by atoms with Crippen molar-refractivity contribution in [3.63, 3.8) is 0 Å². The summed E-state index contributed by atoms with van der Waals surface area (Å²) in [6.07, 6.45) is 3.77. The quantitative estimate of drug-likeness (QED) is 0.407. The van der Waals surface area contributed by atoms with Gasteiger partial charge in [-0.1, -0.05) is 18.6 Å². The van der Waals surface area contributed by atoms with E-state index in [1.807, 2.05) is 0 Å². The Hall–Kier alpha value is -2.61. The lowest BCUT2D eigenvalue weighted by atomic mass is 9.85. The maximum absolute atomic E-state index is 12.1. The molecule has 0 radical (unpaired) electrons. The van der Waals surface area contributed by atoms with E-state index in [9.17, 15) is 19.5 Å². The van der Waals surface area contributed by atoms with Crippen LogP contribution in [0.5, 0.6) is 5.75 Å². The van der Waals surface area contributed by atoms with Crippen molar-refractivity contribution in [2.75, 3.05) is 13.1 Å². The van der Waals surface area contributed by atoms with Crippen LogP contribution in [0.25, 0.3) is 0 Å². The second kappa shape index (κ2) is 9.91. The van der Waals surface area contributed by atoms with E-state index >= 15 is 0 Å². The molecule has 3 amide bonds. The largest absolute Gasteiger partial charge is 0.508 e. The standard InChI is InChI=1S/C19H28N4O4/c1-12(18(26)22-11-17(25)21-10-14-3-2-4-14)23-19(27)16(20)9-13-5-7-15(24)8-6-13/h5-8,12,14,16,24H,2-4,9-11,20H2,1H3,(H,21,25)(H,22,26)(H,23,27)/t12-,16-/m0/s1. The zero-order valence-corrected chi connectivity index (χ0v) is 15.5.